The van der Waals surface area contributed by atoms with E-state index in [1.54, 1.807) is 0 Å². The van der Waals surface area contributed by atoms with E-state index in [9.17, 15) is 9.59 Å². The van der Waals surface area contributed by atoms with E-state index in [1.165, 1.54) is 6.20 Å². The fourth-order valence-corrected chi connectivity index (χ4v) is 0.648. The Morgan fingerprint density at radius 2 is 2.45 bits per heavy atom. The Balaban J connectivity index is 2.51. The van der Waals surface area contributed by atoms with Crippen LogP contribution in [0.4, 0.5) is 4.79 Å². The van der Waals surface area contributed by atoms with Gasteiger partial charge in [-0.25, -0.2) is 9.59 Å². The number of nitrogens with one attached hydrogen (secondary N) is 3. The van der Waals surface area contributed by atoms with Crippen molar-refractivity contribution in [2.24, 2.45) is 5.73 Å². The number of nitrogens with two attached hydrogens (primary N) is 1. The van der Waals surface area contributed by atoms with Crippen molar-refractivity contribution in [2.45, 2.75) is 6.54 Å². The van der Waals surface area contributed by atoms with E-state index in [0.29, 0.717) is 5.69 Å². The van der Waals surface area contributed by atoms with Crippen LogP contribution in [0.2, 0.25) is 0 Å². The average molecular weight is 156 g/mol. The fraction of sp³-hybridized carbons (Fsp3) is 0.200. The molecule has 0 aliphatic heterocycles. The van der Waals surface area contributed by atoms with Gasteiger partial charge in [0.1, 0.15) is 0 Å². The van der Waals surface area contributed by atoms with Crippen LogP contribution >= 0.6 is 0 Å². The molecule has 5 N–H and O–H groups in total. The van der Waals surface area contributed by atoms with Crippen molar-refractivity contribution in [2.75, 3.05) is 0 Å². The van der Waals surface area contributed by atoms with E-state index in [2.05, 4.69) is 15.3 Å². The van der Waals surface area contributed by atoms with Crippen LogP contribution in [0, 0.1) is 0 Å². The molecule has 0 fully saturated rings. The molecule has 0 aromatic carbocycles. The van der Waals surface area contributed by atoms with E-state index in [4.69, 9.17) is 5.73 Å². The van der Waals surface area contributed by atoms with Gasteiger partial charge in [-0.2, -0.15) is 0 Å². The zero-order chi connectivity index (χ0) is 8.27. The van der Waals surface area contributed by atoms with Crippen molar-refractivity contribution < 1.29 is 4.79 Å². The number of urea groups is 1. The maximum atomic E-state index is 10.5. The van der Waals surface area contributed by atoms with Crippen molar-refractivity contribution >= 4 is 6.03 Å². The third-order valence-electron chi connectivity index (χ3n) is 1.10. The lowest BCUT2D eigenvalue weighted by Gasteiger charge is -1.95. The zero-order valence-corrected chi connectivity index (χ0v) is 5.68. The van der Waals surface area contributed by atoms with Gasteiger partial charge >= 0.3 is 11.7 Å². The Morgan fingerprint density at radius 3 is 2.91 bits per heavy atom. The number of primary amides is 1. The molecule has 0 saturated heterocycles. The van der Waals surface area contributed by atoms with Crippen LogP contribution in [0.15, 0.2) is 11.0 Å². The summed E-state index contributed by atoms with van der Waals surface area (Å²) in [5.41, 5.74) is 5.09. The number of H-pyrrole nitrogens is 2. The Morgan fingerprint density at radius 1 is 1.73 bits per heavy atom. The van der Waals surface area contributed by atoms with Gasteiger partial charge in [0.05, 0.1) is 12.2 Å². The summed E-state index contributed by atoms with van der Waals surface area (Å²) in [5.74, 6) is 0. The highest BCUT2D eigenvalue weighted by molar-refractivity contribution is 5.71. The highest BCUT2D eigenvalue weighted by Gasteiger charge is 1.95. The molecule has 6 heteroatoms. The van der Waals surface area contributed by atoms with Gasteiger partial charge in [0.25, 0.3) is 0 Å². The van der Waals surface area contributed by atoms with Crippen LogP contribution in [0.5, 0.6) is 0 Å². The van der Waals surface area contributed by atoms with Crippen molar-refractivity contribution in [1.29, 1.82) is 0 Å². The first-order valence-electron chi connectivity index (χ1n) is 2.98. The van der Waals surface area contributed by atoms with Crippen molar-refractivity contribution in [3.05, 3.63) is 22.4 Å². The monoisotopic (exact) mass is 156 g/mol. The number of carbonyl (C=O) groups is 1. The van der Waals surface area contributed by atoms with Gasteiger partial charge in [0.2, 0.25) is 0 Å². The molecule has 1 aromatic rings. The minimum atomic E-state index is -0.618. The lowest BCUT2D eigenvalue weighted by molar-refractivity contribution is 0.248. The first-order chi connectivity index (χ1) is 5.18. The second-order valence-corrected chi connectivity index (χ2v) is 1.99. The number of carbonyl (C=O) groups excluding carboxylic acids is 1. The summed E-state index contributed by atoms with van der Waals surface area (Å²) in [5, 5.41) is 2.32. The minimum Gasteiger partial charge on any atom is -0.352 e. The molecule has 1 aromatic heterocycles. The molecule has 0 bridgehead atoms. The Kier molecular flexibility index (Phi) is 1.95. The predicted octanol–water partition coefficient (Wildman–Crippen LogP) is -1.13. The van der Waals surface area contributed by atoms with Crippen LogP contribution in [0.3, 0.4) is 0 Å². The Bertz CT molecular complexity index is 299. The van der Waals surface area contributed by atoms with E-state index in [0.717, 1.165) is 0 Å². The molecule has 2 amide bonds. The van der Waals surface area contributed by atoms with E-state index < -0.39 is 6.03 Å². The van der Waals surface area contributed by atoms with E-state index in [1.807, 2.05) is 0 Å². The van der Waals surface area contributed by atoms with Gasteiger partial charge in [-0.05, 0) is 0 Å². The molecule has 0 atom stereocenters. The first kappa shape index (κ1) is 7.39. The molecule has 6 nitrogen and oxygen atoms in total. The van der Waals surface area contributed by atoms with Gasteiger partial charge in [-0.15, -0.1) is 0 Å². The molecular formula is C5H8N4O2. The molecule has 0 radical (unpaired) electrons. The van der Waals surface area contributed by atoms with Crippen molar-refractivity contribution in [3.8, 4) is 0 Å². The molecule has 1 heterocycles. The summed E-state index contributed by atoms with van der Waals surface area (Å²) < 4.78 is 0. The van der Waals surface area contributed by atoms with Crippen molar-refractivity contribution in [1.82, 2.24) is 15.3 Å². The number of rotatable bonds is 2. The standard InChI is InChI=1S/C5H8N4O2/c6-4(10)7-1-3-2-8-5(11)9-3/h2H,1H2,(H3,6,7,10)(H2,8,9,11). The Hall–Kier alpha value is -1.72. The van der Waals surface area contributed by atoms with Gasteiger partial charge < -0.3 is 21.0 Å². The third kappa shape index (κ3) is 2.17. The van der Waals surface area contributed by atoms with Crippen LogP contribution < -0.4 is 16.7 Å². The molecule has 0 unspecified atom stereocenters. The maximum Gasteiger partial charge on any atom is 0.323 e. The average Bonchev–Trinajstić information content (AvgIpc) is 2.31. The van der Waals surface area contributed by atoms with Gasteiger partial charge in [-0.1, -0.05) is 0 Å². The SMILES string of the molecule is NC(=O)NCc1c[nH]c(=O)[nH]1. The number of aromatic nitrogens is 2. The molecular weight excluding hydrogens is 148 g/mol. The molecule has 11 heavy (non-hydrogen) atoms. The number of hydrogen-bond donors (Lipinski definition) is 4. The Labute approximate surface area is 61.8 Å². The van der Waals surface area contributed by atoms with E-state index >= 15 is 0 Å². The normalized spacial score (nSPS) is 9.45. The van der Waals surface area contributed by atoms with Crippen LogP contribution in [-0.4, -0.2) is 16.0 Å². The van der Waals surface area contributed by atoms with Crippen LogP contribution in [0.25, 0.3) is 0 Å². The van der Waals surface area contributed by atoms with Gasteiger partial charge in [0, 0.05) is 6.20 Å². The molecule has 60 valence electrons. The summed E-state index contributed by atoms with van der Waals surface area (Å²) in [6.45, 7) is 0.230. The maximum absolute atomic E-state index is 10.5. The third-order valence-corrected chi connectivity index (χ3v) is 1.10. The zero-order valence-electron chi connectivity index (χ0n) is 5.68. The lowest BCUT2D eigenvalue weighted by atomic mass is 10.5. The summed E-state index contributed by atoms with van der Waals surface area (Å²) in [4.78, 5) is 25.5. The minimum absolute atomic E-state index is 0.230. The number of amides is 2. The smallest absolute Gasteiger partial charge is 0.323 e. The summed E-state index contributed by atoms with van der Waals surface area (Å²) >= 11 is 0. The molecule has 0 spiro atoms. The largest absolute Gasteiger partial charge is 0.352 e. The quantitative estimate of drug-likeness (QED) is 0.435. The van der Waals surface area contributed by atoms with Gasteiger partial charge in [0.15, 0.2) is 0 Å². The molecule has 0 aliphatic rings. The second-order valence-electron chi connectivity index (χ2n) is 1.99. The van der Waals surface area contributed by atoms with Gasteiger partial charge in [-0.3, -0.25) is 0 Å². The van der Waals surface area contributed by atoms with Crippen molar-refractivity contribution in [3.63, 3.8) is 0 Å². The number of aromatic amines is 2. The molecule has 1 rings (SSSR count). The van der Waals surface area contributed by atoms with Crippen LogP contribution in [0.1, 0.15) is 5.69 Å². The summed E-state index contributed by atoms with van der Waals surface area (Å²) in [6, 6.07) is -0.618. The topological polar surface area (TPSA) is 104 Å². The summed E-state index contributed by atoms with van der Waals surface area (Å²) in [7, 11) is 0. The predicted molar refractivity (Wildman–Crippen MR) is 37.8 cm³/mol. The number of imidazole rings is 1. The first-order valence-corrected chi connectivity index (χ1v) is 2.98. The number of hydrogen-bond acceptors (Lipinski definition) is 2. The highest BCUT2D eigenvalue weighted by atomic mass is 16.2. The lowest BCUT2D eigenvalue weighted by Crippen LogP contribution is -2.28. The fourth-order valence-electron chi connectivity index (χ4n) is 0.648. The second kappa shape index (κ2) is 2.91. The molecule has 0 saturated carbocycles. The van der Waals surface area contributed by atoms with Crippen LogP contribution in [-0.2, 0) is 6.54 Å². The highest BCUT2D eigenvalue weighted by Crippen LogP contribution is 1.84. The molecule has 0 aliphatic carbocycles. The summed E-state index contributed by atoms with van der Waals surface area (Å²) in [6.07, 6.45) is 1.47. The van der Waals surface area contributed by atoms with E-state index in [-0.39, 0.29) is 12.2 Å².